The number of carbonyl (C=O) groups excluding carboxylic acids is 1. The Morgan fingerprint density at radius 3 is 2.78 bits per heavy atom. The molecule has 0 saturated carbocycles. The van der Waals surface area contributed by atoms with Crippen LogP contribution in [0.3, 0.4) is 0 Å². The van der Waals surface area contributed by atoms with Gasteiger partial charge < -0.3 is 0 Å². The Kier molecular flexibility index (Phi) is 5.34. The first-order chi connectivity index (χ1) is 11.0. The van der Waals surface area contributed by atoms with Gasteiger partial charge in [-0.05, 0) is 56.5 Å². The van der Waals surface area contributed by atoms with E-state index in [9.17, 15) is 4.79 Å². The van der Waals surface area contributed by atoms with E-state index in [1.165, 1.54) is 43.6 Å². The smallest absolute Gasteiger partial charge is 0.169 e. The van der Waals surface area contributed by atoms with E-state index in [1.54, 1.807) is 18.3 Å². The third kappa shape index (κ3) is 4.31. The zero-order valence-electron chi connectivity index (χ0n) is 14.5. The van der Waals surface area contributed by atoms with E-state index in [4.69, 9.17) is 0 Å². The lowest BCUT2D eigenvalue weighted by atomic mass is 9.95. The molecule has 1 aromatic heterocycles. The lowest BCUT2D eigenvalue weighted by Crippen LogP contribution is -2.43. The number of fused-ring (bicyclic) bond motifs is 4. The third-order valence-corrected chi connectivity index (χ3v) is 6.12. The molecular weight excluding hydrogens is 304 g/mol. The molecule has 0 amide bonds. The Morgan fingerprint density at radius 2 is 2.09 bits per heavy atom. The minimum atomic E-state index is 0.185. The normalized spacial score (nSPS) is 25.3. The molecule has 0 N–H and O–H groups in total. The Hall–Kier alpha value is -0.970. The highest BCUT2D eigenvalue weighted by Crippen LogP contribution is 2.29. The zero-order valence-corrected chi connectivity index (χ0v) is 15.4. The predicted octanol–water partition coefficient (Wildman–Crippen LogP) is 3.81. The molecule has 4 heteroatoms. The van der Waals surface area contributed by atoms with Gasteiger partial charge in [-0.3, -0.25) is 14.6 Å². The van der Waals surface area contributed by atoms with E-state index in [1.807, 2.05) is 0 Å². The molecule has 3 nitrogen and oxygen atoms in total. The van der Waals surface area contributed by atoms with Crippen LogP contribution in [-0.2, 0) is 6.54 Å². The summed E-state index contributed by atoms with van der Waals surface area (Å²) >= 11 is 1.59. The fourth-order valence-electron chi connectivity index (χ4n) is 3.83. The second-order valence-electron chi connectivity index (χ2n) is 7.40. The van der Waals surface area contributed by atoms with E-state index in [0.29, 0.717) is 6.04 Å². The molecule has 0 unspecified atom stereocenters. The minimum absolute atomic E-state index is 0.185. The molecule has 0 spiro atoms. The third-order valence-electron chi connectivity index (χ3n) is 5.04. The van der Waals surface area contributed by atoms with Crippen LogP contribution in [-0.4, -0.2) is 47.8 Å². The Balaban J connectivity index is 1.64. The van der Waals surface area contributed by atoms with Gasteiger partial charge in [0.25, 0.3) is 0 Å². The van der Waals surface area contributed by atoms with Crippen LogP contribution in [0.15, 0.2) is 23.1 Å². The van der Waals surface area contributed by atoms with Crippen LogP contribution in [0.2, 0.25) is 0 Å². The SMILES string of the molecule is CC(=O)c1cc(CN2C[C@@H]3CC[C@H](C2)N(CC=C(C)C)C3)cs1. The summed E-state index contributed by atoms with van der Waals surface area (Å²) in [5, 5.41) is 2.16. The van der Waals surface area contributed by atoms with E-state index in [-0.39, 0.29) is 5.78 Å². The molecule has 0 aliphatic carbocycles. The van der Waals surface area contributed by atoms with Crippen LogP contribution in [0.1, 0.15) is 48.8 Å². The molecule has 1 aromatic rings. The summed E-state index contributed by atoms with van der Waals surface area (Å²) < 4.78 is 0. The molecule has 2 bridgehead atoms. The first kappa shape index (κ1) is 16.9. The number of allylic oxidation sites excluding steroid dienone is 1. The van der Waals surface area contributed by atoms with Gasteiger partial charge >= 0.3 is 0 Å². The van der Waals surface area contributed by atoms with Crippen LogP contribution >= 0.6 is 11.3 Å². The molecule has 3 saturated heterocycles. The highest BCUT2D eigenvalue weighted by Gasteiger charge is 2.34. The maximum atomic E-state index is 11.5. The Labute approximate surface area is 144 Å². The number of thiophene rings is 1. The standard InChI is InChI=1S/C19H28N2OS/c1-14(2)6-7-21-11-16-4-5-18(21)12-20(9-16)10-17-8-19(15(3)22)23-13-17/h6,8,13,16,18H,4-5,7,9-12H2,1-3H3/t16-,18+/m0/s1. The molecule has 0 aromatic carbocycles. The number of hydrogen-bond acceptors (Lipinski definition) is 4. The van der Waals surface area contributed by atoms with Crippen molar-refractivity contribution in [2.75, 3.05) is 26.2 Å². The van der Waals surface area contributed by atoms with Gasteiger partial charge in [0.1, 0.15) is 0 Å². The van der Waals surface area contributed by atoms with Crippen molar-refractivity contribution in [3.05, 3.63) is 33.5 Å². The van der Waals surface area contributed by atoms with Crippen molar-refractivity contribution < 1.29 is 4.79 Å². The van der Waals surface area contributed by atoms with Crippen LogP contribution in [0.4, 0.5) is 0 Å². The van der Waals surface area contributed by atoms with Crippen molar-refractivity contribution in [1.82, 2.24) is 9.80 Å². The van der Waals surface area contributed by atoms with Crippen molar-refractivity contribution in [3.63, 3.8) is 0 Å². The maximum absolute atomic E-state index is 11.5. The van der Waals surface area contributed by atoms with Crippen molar-refractivity contribution in [3.8, 4) is 0 Å². The lowest BCUT2D eigenvalue weighted by Gasteiger charge is -2.35. The van der Waals surface area contributed by atoms with Gasteiger partial charge in [0, 0.05) is 38.8 Å². The lowest BCUT2D eigenvalue weighted by molar-refractivity contribution is 0.102. The van der Waals surface area contributed by atoms with Gasteiger partial charge in [-0.25, -0.2) is 0 Å². The van der Waals surface area contributed by atoms with Gasteiger partial charge in [-0.2, -0.15) is 0 Å². The second kappa shape index (κ2) is 7.29. The largest absolute Gasteiger partial charge is 0.297 e. The number of ketones is 1. The second-order valence-corrected chi connectivity index (χ2v) is 8.31. The summed E-state index contributed by atoms with van der Waals surface area (Å²) in [6, 6.07) is 2.77. The van der Waals surface area contributed by atoms with Gasteiger partial charge in [0.15, 0.2) is 5.78 Å². The molecule has 126 valence electrons. The molecule has 3 aliphatic rings. The average Bonchev–Trinajstić information content (AvgIpc) is 2.79. The fourth-order valence-corrected chi connectivity index (χ4v) is 4.64. The monoisotopic (exact) mass is 332 g/mol. The molecule has 3 aliphatic heterocycles. The number of piperidine rings is 1. The highest BCUT2D eigenvalue weighted by atomic mass is 32.1. The maximum Gasteiger partial charge on any atom is 0.169 e. The summed E-state index contributed by atoms with van der Waals surface area (Å²) in [7, 11) is 0. The number of Topliss-reactive ketones (excluding diaryl/α,β-unsaturated/α-hetero) is 1. The summed E-state index contributed by atoms with van der Waals surface area (Å²) in [6.45, 7) is 11.7. The fraction of sp³-hybridized carbons (Fsp3) is 0.632. The number of nitrogens with zero attached hydrogens (tertiary/aromatic N) is 2. The quantitative estimate of drug-likeness (QED) is 0.605. The summed E-state index contributed by atoms with van der Waals surface area (Å²) in [6.07, 6.45) is 5.07. The summed E-state index contributed by atoms with van der Waals surface area (Å²) in [4.78, 5) is 17.7. The van der Waals surface area contributed by atoms with Gasteiger partial charge in [-0.15, -0.1) is 11.3 Å². The highest BCUT2D eigenvalue weighted by molar-refractivity contribution is 7.12. The first-order valence-electron chi connectivity index (χ1n) is 8.69. The average molecular weight is 333 g/mol. The Morgan fingerprint density at radius 1 is 1.26 bits per heavy atom. The molecule has 4 heterocycles. The van der Waals surface area contributed by atoms with E-state index in [0.717, 1.165) is 23.9 Å². The molecule has 23 heavy (non-hydrogen) atoms. The first-order valence-corrected chi connectivity index (χ1v) is 9.57. The van der Waals surface area contributed by atoms with Crippen molar-refractivity contribution in [1.29, 1.82) is 0 Å². The number of carbonyl (C=O) groups is 1. The zero-order chi connectivity index (χ0) is 16.4. The van der Waals surface area contributed by atoms with Crippen molar-refractivity contribution >= 4 is 17.1 Å². The molecule has 2 atom stereocenters. The van der Waals surface area contributed by atoms with Crippen LogP contribution in [0.5, 0.6) is 0 Å². The van der Waals surface area contributed by atoms with Gasteiger partial charge in [0.2, 0.25) is 0 Å². The predicted molar refractivity (Wildman–Crippen MR) is 97.1 cm³/mol. The molecular formula is C19H28N2OS. The van der Waals surface area contributed by atoms with Crippen LogP contribution in [0, 0.1) is 5.92 Å². The molecule has 3 fully saturated rings. The molecule has 0 radical (unpaired) electrons. The van der Waals surface area contributed by atoms with Crippen molar-refractivity contribution in [2.45, 2.75) is 46.2 Å². The van der Waals surface area contributed by atoms with Crippen LogP contribution < -0.4 is 0 Å². The van der Waals surface area contributed by atoms with Gasteiger partial charge in [0.05, 0.1) is 4.88 Å². The Bertz CT molecular complexity index is 588. The van der Waals surface area contributed by atoms with Crippen molar-refractivity contribution in [2.24, 2.45) is 5.92 Å². The van der Waals surface area contributed by atoms with Crippen LogP contribution in [0.25, 0.3) is 0 Å². The van der Waals surface area contributed by atoms with E-state index >= 15 is 0 Å². The number of rotatable bonds is 5. The van der Waals surface area contributed by atoms with E-state index in [2.05, 4.69) is 41.2 Å². The molecule has 4 rings (SSSR count). The van der Waals surface area contributed by atoms with E-state index < -0.39 is 0 Å². The summed E-state index contributed by atoms with van der Waals surface area (Å²) in [5.74, 6) is 0.982. The topological polar surface area (TPSA) is 23.6 Å². The minimum Gasteiger partial charge on any atom is -0.297 e. The summed E-state index contributed by atoms with van der Waals surface area (Å²) in [5.41, 5.74) is 2.72. The number of hydrogen-bond donors (Lipinski definition) is 0. The van der Waals surface area contributed by atoms with Gasteiger partial charge in [-0.1, -0.05) is 11.6 Å².